The summed E-state index contributed by atoms with van der Waals surface area (Å²) < 4.78 is 10.8. The van der Waals surface area contributed by atoms with Gasteiger partial charge >= 0.3 is 0 Å². The minimum Gasteiger partial charge on any atom is -0.487 e. The van der Waals surface area contributed by atoms with Crippen molar-refractivity contribution >= 4 is 6.08 Å². The first kappa shape index (κ1) is 14.3. The van der Waals surface area contributed by atoms with Gasteiger partial charge < -0.3 is 9.47 Å². The van der Waals surface area contributed by atoms with E-state index in [0.29, 0.717) is 13.2 Å². The van der Waals surface area contributed by atoms with Gasteiger partial charge in [0.1, 0.15) is 12.4 Å². The third-order valence-electron chi connectivity index (χ3n) is 2.87. The van der Waals surface area contributed by atoms with Crippen LogP contribution in [-0.2, 0) is 11.3 Å². The normalized spacial score (nSPS) is 10.9. The Morgan fingerprint density at radius 1 is 1.20 bits per heavy atom. The average molecular weight is 269 g/mol. The standard InChI is InChI=1S/C17H19NO2/c1-14-17(20-13-15-7-4-3-5-8-15)11-16(12-18-14)9-6-10-19-2/h3-9,11-12H,10,13H2,1-2H3/b9-6+. The molecular weight excluding hydrogens is 250 g/mol. The first-order valence-electron chi connectivity index (χ1n) is 6.58. The molecule has 3 nitrogen and oxygen atoms in total. The van der Waals surface area contributed by atoms with E-state index in [2.05, 4.69) is 4.98 Å². The molecule has 0 saturated carbocycles. The molecule has 20 heavy (non-hydrogen) atoms. The first-order valence-corrected chi connectivity index (χ1v) is 6.58. The van der Waals surface area contributed by atoms with Gasteiger partial charge in [0.05, 0.1) is 12.3 Å². The van der Waals surface area contributed by atoms with Crippen LogP contribution in [0.5, 0.6) is 5.75 Å². The van der Waals surface area contributed by atoms with Gasteiger partial charge in [0, 0.05) is 13.3 Å². The number of rotatable bonds is 6. The highest BCUT2D eigenvalue weighted by Crippen LogP contribution is 2.19. The third kappa shape index (κ3) is 4.21. The summed E-state index contributed by atoms with van der Waals surface area (Å²) in [6.45, 7) is 3.09. The van der Waals surface area contributed by atoms with Crippen molar-refractivity contribution in [3.63, 3.8) is 0 Å². The van der Waals surface area contributed by atoms with E-state index in [1.54, 1.807) is 7.11 Å². The van der Waals surface area contributed by atoms with Gasteiger partial charge in [0.25, 0.3) is 0 Å². The molecule has 2 rings (SSSR count). The van der Waals surface area contributed by atoms with Crippen molar-refractivity contribution in [2.24, 2.45) is 0 Å². The Hall–Kier alpha value is -2.13. The highest BCUT2D eigenvalue weighted by molar-refractivity contribution is 5.51. The van der Waals surface area contributed by atoms with Crippen molar-refractivity contribution in [2.75, 3.05) is 13.7 Å². The van der Waals surface area contributed by atoms with Gasteiger partial charge in [0.15, 0.2) is 0 Å². The minimum absolute atomic E-state index is 0.550. The van der Waals surface area contributed by atoms with Crippen LogP contribution < -0.4 is 4.74 Å². The predicted molar refractivity (Wildman–Crippen MR) is 80.7 cm³/mol. The number of nitrogens with zero attached hydrogens (tertiary/aromatic N) is 1. The maximum absolute atomic E-state index is 5.84. The average Bonchev–Trinajstić information content (AvgIpc) is 2.49. The Bertz CT molecular complexity index is 564. The van der Waals surface area contributed by atoms with Gasteiger partial charge in [-0.15, -0.1) is 0 Å². The fourth-order valence-electron chi connectivity index (χ4n) is 1.78. The Labute approximate surface area is 119 Å². The lowest BCUT2D eigenvalue weighted by molar-refractivity contribution is 0.234. The topological polar surface area (TPSA) is 31.4 Å². The summed E-state index contributed by atoms with van der Waals surface area (Å²) in [5, 5.41) is 0. The molecule has 0 aliphatic heterocycles. The number of benzene rings is 1. The van der Waals surface area contributed by atoms with Crippen molar-refractivity contribution in [2.45, 2.75) is 13.5 Å². The van der Waals surface area contributed by atoms with Crippen molar-refractivity contribution < 1.29 is 9.47 Å². The largest absolute Gasteiger partial charge is 0.487 e. The molecule has 1 aromatic carbocycles. The zero-order valence-electron chi connectivity index (χ0n) is 11.9. The maximum atomic E-state index is 5.84. The summed E-state index contributed by atoms with van der Waals surface area (Å²) in [7, 11) is 1.67. The fraction of sp³-hybridized carbons (Fsp3) is 0.235. The molecule has 0 saturated heterocycles. The van der Waals surface area contributed by atoms with E-state index in [1.807, 2.05) is 61.7 Å². The second-order valence-corrected chi connectivity index (χ2v) is 4.48. The summed E-state index contributed by atoms with van der Waals surface area (Å²) in [6.07, 6.45) is 5.76. The first-order chi connectivity index (χ1) is 9.79. The van der Waals surface area contributed by atoms with Crippen LogP contribution in [0.3, 0.4) is 0 Å². The molecule has 0 fully saturated rings. The van der Waals surface area contributed by atoms with Crippen LogP contribution in [0, 0.1) is 6.92 Å². The molecule has 0 aliphatic rings. The number of pyridine rings is 1. The Morgan fingerprint density at radius 2 is 2.00 bits per heavy atom. The van der Waals surface area contributed by atoms with E-state index in [-0.39, 0.29) is 0 Å². The molecule has 1 heterocycles. The number of hydrogen-bond donors (Lipinski definition) is 0. The second-order valence-electron chi connectivity index (χ2n) is 4.48. The molecule has 0 spiro atoms. The van der Waals surface area contributed by atoms with Crippen LogP contribution in [0.25, 0.3) is 6.08 Å². The van der Waals surface area contributed by atoms with E-state index in [4.69, 9.17) is 9.47 Å². The van der Waals surface area contributed by atoms with Gasteiger partial charge in [-0.05, 0) is 24.1 Å². The zero-order chi connectivity index (χ0) is 14.2. The molecule has 0 unspecified atom stereocenters. The number of aryl methyl sites for hydroxylation is 1. The number of aromatic nitrogens is 1. The molecule has 0 aliphatic carbocycles. The summed E-state index contributed by atoms with van der Waals surface area (Å²) >= 11 is 0. The molecule has 1 aromatic heterocycles. The van der Waals surface area contributed by atoms with Gasteiger partial charge in [-0.1, -0.05) is 42.5 Å². The molecule has 0 radical (unpaired) electrons. The predicted octanol–water partition coefficient (Wildman–Crippen LogP) is 3.63. The summed E-state index contributed by atoms with van der Waals surface area (Å²) in [5.41, 5.74) is 3.05. The van der Waals surface area contributed by atoms with Gasteiger partial charge in [-0.3, -0.25) is 4.98 Å². The third-order valence-corrected chi connectivity index (χ3v) is 2.87. The number of methoxy groups -OCH3 is 1. The Kier molecular flexibility index (Phi) is 5.33. The summed E-state index contributed by atoms with van der Waals surface area (Å²) in [4.78, 5) is 4.35. The number of hydrogen-bond acceptors (Lipinski definition) is 3. The zero-order valence-corrected chi connectivity index (χ0v) is 11.9. The van der Waals surface area contributed by atoms with Crippen LogP contribution in [0.1, 0.15) is 16.8 Å². The molecule has 0 N–H and O–H groups in total. The van der Waals surface area contributed by atoms with E-state index in [9.17, 15) is 0 Å². The van der Waals surface area contributed by atoms with Crippen LogP contribution in [0.15, 0.2) is 48.7 Å². The summed E-state index contributed by atoms with van der Waals surface area (Å²) in [6, 6.07) is 12.1. The van der Waals surface area contributed by atoms with Gasteiger partial charge in [-0.2, -0.15) is 0 Å². The van der Waals surface area contributed by atoms with Crippen LogP contribution >= 0.6 is 0 Å². The molecule has 3 heteroatoms. The summed E-state index contributed by atoms with van der Waals surface area (Å²) in [5.74, 6) is 0.813. The van der Waals surface area contributed by atoms with Gasteiger partial charge in [-0.25, -0.2) is 0 Å². The second kappa shape index (κ2) is 7.46. The maximum Gasteiger partial charge on any atom is 0.141 e. The molecular formula is C17H19NO2. The fourth-order valence-corrected chi connectivity index (χ4v) is 1.78. The highest BCUT2D eigenvalue weighted by atomic mass is 16.5. The quantitative estimate of drug-likeness (QED) is 0.802. The SMILES string of the molecule is COC/C=C/c1cnc(C)c(OCc2ccccc2)c1. The smallest absolute Gasteiger partial charge is 0.141 e. The van der Waals surface area contributed by atoms with Gasteiger partial charge in [0.2, 0.25) is 0 Å². The Balaban J connectivity index is 2.05. The molecule has 2 aromatic rings. The molecule has 0 bridgehead atoms. The van der Waals surface area contributed by atoms with E-state index in [0.717, 1.165) is 22.6 Å². The van der Waals surface area contributed by atoms with E-state index < -0.39 is 0 Å². The van der Waals surface area contributed by atoms with E-state index in [1.165, 1.54) is 0 Å². The van der Waals surface area contributed by atoms with E-state index >= 15 is 0 Å². The highest BCUT2D eigenvalue weighted by Gasteiger charge is 2.02. The van der Waals surface area contributed by atoms with Crippen molar-refractivity contribution in [1.29, 1.82) is 0 Å². The lowest BCUT2D eigenvalue weighted by Crippen LogP contribution is -1.98. The van der Waals surface area contributed by atoms with Crippen LogP contribution in [0.4, 0.5) is 0 Å². The molecule has 104 valence electrons. The molecule has 0 atom stereocenters. The number of ether oxygens (including phenoxy) is 2. The van der Waals surface area contributed by atoms with Crippen LogP contribution in [0.2, 0.25) is 0 Å². The lowest BCUT2D eigenvalue weighted by atomic mass is 10.2. The van der Waals surface area contributed by atoms with Crippen molar-refractivity contribution in [1.82, 2.24) is 4.98 Å². The van der Waals surface area contributed by atoms with Crippen molar-refractivity contribution in [3.8, 4) is 5.75 Å². The monoisotopic (exact) mass is 269 g/mol. The Morgan fingerprint density at radius 3 is 2.75 bits per heavy atom. The minimum atomic E-state index is 0.550. The molecule has 0 amide bonds. The van der Waals surface area contributed by atoms with Crippen molar-refractivity contribution in [3.05, 3.63) is 65.5 Å². The van der Waals surface area contributed by atoms with Crippen LogP contribution in [-0.4, -0.2) is 18.7 Å². The lowest BCUT2D eigenvalue weighted by Gasteiger charge is -2.09.